The number of hydrogen-bond donors (Lipinski definition) is 1. The van der Waals surface area contributed by atoms with Crippen LogP contribution in [0.4, 0.5) is 5.69 Å². The van der Waals surface area contributed by atoms with Crippen LogP contribution in [-0.4, -0.2) is 18.3 Å². The van der Waals surface area contributed by atoms with Crippen molar-refractivity contribution in [1.29, 1.82) is 0 Å². The van der Waals surface area contributed by atoms with Crippen LogP contribution in [-0.2, 0) is 0 Å². The number of rotatable bonds is 3. The van der Waals surface area contributed by atoms with Crippen LogP contribution in [0.1, 0.15) is 5.69 Å². The highest BCUT2D eigenvalue weighted by atomic mass is 16.5. The Bertz CT molecular complexity index is 446. The number of aliphatic imine (C=N–C) groups is 1. The van der Waals surface area contributed by atoms with E-state index in [1.807, 2.05) is 42.6 Å². The molecule has 3 heteroatoms. The molecule has 1 aromatic heterocycles. The van der Waals surface area contributed by atoms with Gasteiger partial charge >= 0.3 is 0 Å². The summed E-state index contributed by atoms with van der Waals surface area (Å²) in [5, 5.41) is 0. The van der Waals surface area contributed by atoms with Gasteiger partial charge in [0.1, 0.15) is 5.75 Å². The monoisotopic (exact) mass is 200 g/mol. The highest BCUT2D eigenvalue weighted by molar-refractivity contribution is 5.79. The fraction of sp³-hybridized carbons (Fsp3) is 0.0833. The van der Waals surface area contributed by atoms with E-state index >= 15 is 0 Å². The first-order valence-corrected chi connectivity index (χ1v) is 4.70. The Hall–Kier alpha value is -2.03. The second kappa shape index (κ2) is 4.46. The Morgan fingerprint density at radius 3 is 2.93 bits per heavy atom. The zero-order valence-electron chi connectivity index (χ0n) is 8.47. The molecule has 2 aromatic rings. The molecule has 0 unspecified atom stereocenters. The molecule has 0 aliphatic carbocycles. The van der Waals surface area contributed by atoms with E-state index in [9.17, 15) is 0 Å². The molecule has 0 spiro atoms. The molecule has 0 aliphatic heterocycles. The molecule has 2 rings (SSSR count). The molecule has 0 aliphatic rings. The molecular formula is C12H12N2O. The second-order valence-corrected chi connectivity index (χ2v) is 3.09. The van der Waals surface area contributed by atoms with Crippen LogP contribution in [0.15, 0.2) is 47.6 Å². The summed E-state index contributed by atoms with van der Waals surface area (Å²) in [7, 11) is 1.65. The maximum absolute atomic E-state index is 5.11. The van der Waals surface area contributed by atoms with Gasteiger partial charge in [-0.2, -0.15) is 0 Å². The molecule has 76 valence electrons. The standard InChI is InChI=1S/C12H12N2O/c1-15-12-6-2-4-10(8-12)14-9-11-5-3-7-13-11/h2-9,13H,1H3. The lowest BCUT2D eigenvalue weighted by molar-refractivity contribution is 0.415. The predicted molar refractivity (Wildman–Crippen MR) is 61.0 cm³/mol. The van der Waals surface area contributed by atoms with Gasteiger partial charge in [0.15, 0.2) is 0 Å². The van der Waals surface area contributed by atoms with Crippen molar-refractivity contribution in [3.05, 3.63) is 48.3 Å². The molecule has 15 heavy (non-hydrogen) atoms. The van der Waals surface area contributed by atoms with Gasteiger partial charge in [-0.05, 0) is 24.3 Å². The lowest BCUT2D eigenvalue weighted by Crippen LogP contribution is -1.81. The largest absolute Gasteiger partial charge is 0.497 e. The maximum Gasteiger partial charge on any atom is 0.121 e. The zero-order valence-corrected chi connectivity index (χ0v) is 8.47. The van der Waals surface area contributed by atoms with Crippen LogP contribution in [0.5, 0.6) is 5.75 Å². The number of benzene rings is 1. The van der Waals surface area contributed by atoms with Gasteiger partial charge in [0, 0.05) is 12.3 Å². The molecule has 0 bridgehead atoms. The van der Waals surface area contributed by atoms with Crippen LogP contribution >= 0.6 is 0 Å². The van der Waals surface area contributed by atoms with Gasteiger partial charge in [-0.3, -0.25) is 4.99 Å². The topological polar surface area (TPSA) is 37.4 Å². The van der Waals surface area contributed by atoms with Crippen LogP contribution in [0.2, 0.25) is 0 Å². The van der Waals surface area contributed by atoms with E-state index in [2.05, 4.69) is 9.98 Å². The number of aromatic nitrogens is 1. The van der Waals surface area contributed by atoms with E-state index in [0.29, 0.717) is 0 Å². The number of ether oxygens (including phenoxy) is 1. The average Bonchev–Trinajstić information content (AvgIpc) is 2.79. The summed E-state index contributed by atoms with van der Waals surface area (Å²) >= 11 is 0. The summed E-state index contributed by atoms with van der Waals surface area (Å²) in [6, 6.07) is 11.5. The molecule has 0 amide bonds. The van der Waals surface area contributed by atoms with E-state index in [0.717, 1.165) is 17.1 Å². The Morgan fingerprint density at radius 1 is 1.27 bits per heavy atom. The zero-order chi connectivity index (χ0) is 10.5. The Balaban J connectivity index is 2.17. The van der Waals surface area contributed by atoms with Gasteiger partial charge < -0.3 is 9.72 Å². The SMILES string of the molecule is COc1cccc(N=Cc2ccc[nH]2)c1. The third-order valence-corrected chi connectivity index (χ3v) is 2.03. The second-order valence-electron chi connectivity index (χ2n) is 3.09. The number of nitrogens with one attached hydrogen (secondary N) is 1. The number of H-pyrrole nitrogens is 1. The van der Waals surface area contributed by atoms with E-state index < -0.39 is 0 Å². The van der Waals surface area contributed by atoms with Gasteiger partial charge in [0.05, 0.1) is 24.7 Å². The van der Waals surface area contributed by atoms with Gasteiger partial charge in [-0.15, -0.1) is 0 Å². The van der Waals surface area contributed by atoms with Crippen molar-refractivity contribution >= 4 is 11.9 Å². The van der Waals surface area contributed by atoms with Crippen molar-refractivity contribution in [1.82, 2.24) is 4.98 Å². The molecule has 0 saturated carbocycles. The van der Waals surface area contributed by atoms with Crippen LogP contribution in [0, 0.1) is 0 Å². The van der Waals surface area contributed by atoms with E-state index in [1.165, 1.54) is 0 Å². The summed E-state index contributed by atoms with van der Waals surface area (Å²) in [5.74, 6) is 0.816. The molecule has 0 atom stereocenters. The Labute approximate surface area is 88.4 Å². The summed E-state index contributed by atoms with van der Waals surface area (Å²) in [6.07, 6.45) is 3.65. The molecule has 0 saturated heterocycles. The predicted octanol–water partition coefficient (Wildman–Crippen LogP) is 2.77. The summed E-state index contributed by atoms with van der Waals surface area (Å²) in [4.78, 5) is 7.38. The fourth-order valence-corrected chi connectivity index (χ4v) is 1.26. The lowest BCUT2D eigenvalue weighted by Gasteiger charge is -1.99. The van der Waals surface area contributed by atoms with E-state index in [4.69, 9.17) is 4.74 Å². The summed E-state index contributed by atoms with van der Waals surface area (Å²) < 4.78 is 5.11. The first-order valence-electron chi connectivity index (χ1n) is 4.70. The van der Waals surface area contributed by atoms with Crippen LogP contribution in [0.3, 0.4) is 0 Å². The Kier molecular flexibility index (Phi) is 2.83. The number of nitrogens with zero attached hydrogens (tertiary/aromatic N) is 1. The summed E-state index contributed by atoms with van der Waals surface area (Å²) in [5.41, 5.74) is 1.86. The number of methoxy groups -OCH3 is 1. The van der Waals surface area contributed by atoms with Gasteiger partial charge in [-0.25, -0.2) is 0 Å². The smallest absolute Gasteiger partial charge is 0.121 e. The third kappa shape index (κ3) is 2.47. The van der Waals surface area contributed by atoms with E-state index in [-0.39, 0.29) is 0 Å². The lowest BCUT2D eigenvalue weighted by atomic mass is 10.3. The molecule has 0 radical (unpaired) electrons. The quantitative estimate of drug-likeness (QED) is 0.760. The van der Waals surface area contributed by atoms with Gasteiger partial charge in [0.25, 0.3) is 0 Å². The molecule has 0 fully saturated rings. The van der Waals surface area contributed by atoms with Gasteiger partial charge in [0.2, 0.25) is 0 Å². The first-order chi connectivity index (χ1) is 7.38. The van der Waals surface area contributed by atoms with Crippen molar-refractivity contribution in [2.45, 2.75) is 0 Å². The maximum atomic E-state index is 5.11. The number of hydrogen-bond acceptors (Lipinski definition) is 2. The normalized spacial score (nSPS) is 10.7. The summed E-state index contributed by atoms with van der Waals surface area (Å²) in [6.45, 7) is 0. The van der Waals surface area contributed by atoms with Crippen molar-refractivity contribution in [2.24, 2.45) is 4.99 Å². The molecule has 1 heterocycles. The van der Waals surface area contributed by atoms with Crippen molar-refractivity contribution in [2.75, 3.05) is 7.11 Å². The minimum absolute atomic E-state index is 0.816. The fourth-order valence-electron chi connectivity index (χ4n) is 1.26. The molecule has 1 aromatic carbocycles. The molecule has 1 N–H and O–H groups in total. The Morgan fingerprint density at radius 2 is 2.20 bits per heavy atom. The van der Waals surface area contributed by atoms with Crippen molar-refractivity contribution in [3.8, 4) is 5.75 Å². The average molecular weight is 200 g/mol. The van der Waals surface area contributed by atoms with E-state index in [1.54, 1.807) is 13.3 Å². The van der Waals surface area contributed by atoms with Crippen molar-refractivity contribution < 1.29 is 4.74 Å². The highest BCUT2D eigenvalue weighted by Crippen LogP contribution is 2.19. The number of aromatic amines is 1. The van der Waals surface area contributed by atoms with Crippen LogP contribution < -0.4 is 4.74 Å². The highest BCUT2D eigenvalue weighted by Gasteiger charge is 1.92. The minimum atomic E-state index is 0.816. The van der Waals surface area contributed by atoms with Crippen LogP contribution in [0.25, 0.3) is 0 Å². The minimum Gasteiger partial charge on any atom is -0.497 e. The molecule has 3 nitrogen and oxygen atoms in total. The van der Waals surface area contributed by atoms with Gasteiger partial charge in [-0.1, -0.05) is 6.07 Å². The third-order valence-electron chi connectivity index (χ3n) is 2.03. The van der Waals surface area contributed by atoms with Crippen molar-refractivity contribution in [3.63, 3.8) is 0 Å². The molecular weight excluding hydrogens is 188 g/mol. The first kappa shape index (κ1) is 9.52.